The van der Waals surface area contributed by atoms with Crippen molar-refractivity contribution in [3.05, 3.63) is 53.4 Å². The van der Waals surface area contributed by atoms with E-state index in [4.69, 9.17) is 20.8 Å². The van der Waals surface area contributed by atoms with Crippen LogP contribution in [0, 0.1) is 0 Å². The highest BCUT2D eigenvalue weighted by Crippen LogP contribution is 2.19. The number of furan rings is 1. The second-order valence-corrected chi connectivity index (χ2v) is 4.91. The van der Waals surface area contributed by atoms with Crippen LogP contribution in [0.1, 0.15) is 18.7 Å². The van der Waals surface area contributed by atoms with Crippen LogP contribution in [0.2, 0.25) is 5.02 Å². The summed E-state index contributed by atoms with van der Waals surface area (Å²) in [5, 5.41) is 12.5. The lowest BCUT2D eigenvalue weighted by atomic mass is 10.2. The van der Waals surface area contributed by atoms with Crippen LogP contribution >= 0.6 is 11.6 Å². The molecule has 0 spiro atoms. The molecule has 21 heavy (non-hydrogen) atoms. The van der Waals surface area contributed by atoms with E-state index in [1.807, 2.05) is 0 Å². The van der Waals surface area contributed by atoms with E-state index in [9.17, 15) is 9.90 Å². The van der Waals surface area contributed by atoms with Crippen LogP contribution in [0.5, 0.6) is 5.75 Å². The second kappa shape index (κ2) is 7.15. The van der Waals surface area contributed by atoms with Gasteiger partial charge in [-0.1, -0.05) is 17.7 Å². The van der Waals surface area contributed by atoms with Gasteiger partial charge in [0, 0.05) is 5.02 Å². The summed E-state index contributed by atoms with van der Waals surface area (Å²) in [6.45, 7) is 1.36. The molecule has 0 saturated heterocycles. The minimum Gasteiger partial charge on any atom is -0.481 e. The van der Waals surface area contributed by atoms with E-state index in [0.29, 0.717) is 16.5 Å². The van der Waals surface area contributed by atoms with Crippen molar-refractivity contribution in [2.75, 3.05) is 6.61 Å². The first-order valence-corrected chi connectivity index (χ1v) is 6.85. The van der Waals surface area contributed by atoms with E-state index in [1.165, 1.54) is 6.26 Å². The third kappa shape index (κ3) is 4.24. The SMILES string of the molecule is CC(Oc1cccc(Cl)c1)C(=O)NC(CO)c1ccco1. The Bertz CT molecular complexity index is 585. The lowest BCUT2D eigenvalue weighted by Gasteiger charge is -2.18. The summed E-state index contributed by atoms with van der Waals surface area (Å²) in [4.78, 5) is 12.1. The highest BCUT2D eigenvalue weighted by molar-refractivity contribution is 6.30. The Hall–Kier alpha value is -1.98. The number of hydrogen-bond donors (Lipinski definition) is 2. The fraction of sp³-hybridized carbons (Fsp3) is 0.267. The van der Waals surface area contributed by atoms with Gasteiger partial charge in [-0.05, 0) is 37.3 Å². The first kappa shape index (κ1) is 15.4. The topological polar surface area (TPSA) is 71.7 Å². The Morgan fingerprint density at radius 2 is 2.24 bits per heavy atom. The fourth-order valence-electron chi connectivity index (χ4n) is 1.78. The van der Waals surface area contributed by atoms with Gasteiger partial charge in [0.15, 0.2) is 6.10 Å². The van der Waals surface area contributed by atoms with Gasteiger partial charge in [-0.3, -0.25) is 4.79 Å². The van der Waals surface area contributed by atoms with Crippen molar-refractivity contribution in [3.8, 4) is 5.75 Å². The summed E-state index contributed by atoms with van der Waals surface area (Å²) in [6.07, 6.45) is 0.753. The Morgan fingerprint density at radius 1 is 1.43 bits per heavy atom. The monoisotopic (exact) mass is 309 g/mol. The number of benzene rings is 1. The van der Waals surface area contributed by atoms with Crippen LogP contribution in [-0.4, -0.2) is 23.7 Å². The first-order chi connectivity index (χ1) is 10.1. The average Bonchev–Trinajstić information content (AvgIpc) is 2.98. The largest absolute Gasteiger partial charge is 0.481 e. The molecule has 5 nitrogen and oxygen atoms in total. The van der Waals surface area contributed by atoms with E-state index in [2.05, 4.69) is 5.32 Å². The van der Waals surface area contributed by atoms with Crippen LogP contribution in [-0.2, 0) is 4.79 Å². The zero-order valence-corrected chi connectivity index (χ0v) is 12.2. The Kier molecular flexibility index (Phi) is 5.25. The van der Waals surface area contributed by atoms with E-state index in [1.54, 1.807) is 43.3 Å². The Balaban J connectivity index is 1.96. The highest BCUT2D eigenvalue weighted by Gasteiger charge is 2.21. The second-order valence-electron chi connectivity index (χ2n) is 4.48. The van der Waals surface area contributed by atoms with Crippen molar-refractivity contribution in [3.63, 3.8) is 0 Å². The third-order valence-electron chi connectivity index (χ3n) is 2.86. The fourth-order valence-corrected chi connectivity index (χ4v) is 1.96. The van der Waals surface area contributed by atoms with E-state index in [0.717, 1.165) is 0 Å². The molecule has 1 amide bonds. The quantitative estimate of drug-likeness (QED) is 0.860. The van der Waals surface area contributed by atoms with E-state index in [-0.39, 0.29) is 12.5 Å². The summed E-state index contributed by atoms with van der Waals surface area (Å²) in [5.74, 6) is 0.634. The van der Waals surface area contributed by atoms with Gasteiger partial charge < -0.3 is 19.6 Å². The standard InChI is InChI=1S/C15H16ClNO4/c1-10(21-12-5-2-4-11(16)8-12)15(19)17-13(9-18)14-6-3-7-20-14/h2-8,10,13,18H,9H2,1H3,(H,17,19). The van der Waals surface area contributed by atoms with E-state index >= 15 is 0 Å². The van der Waals surface area contributed by atoms with Gasteiger partial charge in [0.05, 0.1) is 12.9 Å². The number of nitrogens with one attached hydrogen (secondary N) is 1. The van der Waals surface area contributed by atoms with E-state index < -0.39 is 12.1 Å². The lowest BCUT2D eigenvalue weighted by molar-refractivity contribution is -0.128. The molecular formula is C15H16ClNO4. The molecule has 112 valence electrons. The van der Waals surface area contributed by atoms with Gasteiger partial charge in [0.2, 0.25) is 0 Å². The third-order valence-corrected chi connectivity index (χ3v) is 3.10. The lowest BCUT2D eigenvalue weighted by Crippen LogP contribution is -2.39. The Morgan fingerprint density at radius 3 is 2.86 bits per heavy atom. The maximum Gasteiger partial charge on any atom is 0.261 e. The summed E-state index contributed by atoms with van der Waals surface area (Å²) in [6, 6.07) is 9.57. The number of aliphatic hydroxyl groups excluding tert-OH is 1. The van der Waals surface area contributed by atoms with Crippen molar-refractivity contribution < 1.29 is 19.1 Å². The highest BCUT2D eigenvalue weighted by atomic mass is 35.5. The molecule has 0 bridgehead atoms. The average molecular weight is 310 g/mol. The van der Waals surface area contributed by atoms with Crippen molar-refractivity contribution >= 4 is 17.5 Å². The maximum absolute atomic E-state index is 12.1. The number of aliphatic hydroxyl groups is 1. The zero-order valence-electron chi connectivity index (χ0n) is 11.5. The summed E-state index contributed by atoms with van der Waals surface area (Å²) < 4.78 is 10.7. The van der Waals surface area contributed by atoms with Crippen LogP contribution in [0.15, 0.2) is 47.1 Å². The molecule has 1 aromatic heterocycles. The maximum atomic E-state index is 12.1. The molecule has 0 fully saturated rings. The predicted molar refractivity (Wildman–Crippen MR) is 78.2 cm³/mol. The van der Waals surface area contributed by atoms with Gasteiger partial charge in [0.25, 0.3) is 5.91 Å². The molecule has 1 heterocycles. The molecule has 2 unspecified atom stereocenters. The molecular weight excluding hydrogens is 294 g/mol. The molecule has 6 heteroatoms. The molecule has 2 rings (SSSR count). The van der Waals surface area contributed by atoms with Crippen LogP contribution in [0.3, 0.4) is 0 Å². The molecule has 0 aliphatic carbocycles. The molecule has 2 N–H and O–H groups in total. The van der Waals surface area contributed by atoms with Crippen LogP contribution in [0.25, 0.3) is 0 Å². The van der Waals surface area contributed by atoms with Crippen LogP contribution < -0.4 is 10.1 Å². The molecule has 1 aromatic carbocycles. The molecule has 0 aliphatic rings. The molecule has 0 aliphatic heterocycles. The number of carbonyl (C=O) groups excluding carboxylic acids is 1. The smallest absolute Gasteiger partial charge is 0.261 e. The minimum atomic E-state index is -0.729. The molecule has 0 radical (unpaired) electrons. The van der Waals surface area contributed by atoms with Crippen molar-refractivity contribution in [2.45, 2.75) is 19.1 Å². The van der Waals surface area contributed by atoms with Gasteiger partial charge in [0.1, 0.15) is 17.6 Å². The van der Waals surface area contributed by atoms with Crippen LogP contribution in [0.4, 0.5) is 0 Å². The van der Waals surface area contributed by atoms with Gasteiger partial charge >= 0.3 is 0 Å². The van der Waals surface area contributed by atoms with Gasteiger partial charge in [-0.25, -0.2) is 0 Å². The van der Waals surface area contributed by atoms with Crippen molar-refractivity contribution in [2.24, 2.45) is 0 Å². The van der Waals surface area contributed by atoms with Crippen molar-refractivity contribution in [1.82, 2.24) is 5.32 Å². The normalized spacial score (nSPS) is 13.5. The summed E-state index contributed by atoms with van der Waals surface area (Å²) in [7, 11) is 0. The summed E-state index contributed by atoms with van der Waals surface area (Å²) >= 11 is 5.86. The molecule has 2 aromatic rings. The molecule has 2 atom stereocenters. The Labute approximate surface area is 127 Å². The zero-order chi connectivity index (χ0) is 15.2. The predicted octanol–water partition coefficient (Wildman–Crippen LogP) is 2.55. The number of ether oxygens (including phenoxy) is 1. The van der Waals surface area contributed by atoms with Gasteiger partial charge in [-0.2, -0.15) is 0 Å². The van der Waals surface area contributed by atoms with Crippen molar-refractivity contribution in [1.29, 1.82) is 0 Å². The van der Waals surface area contributed by atoms with Gasteiger partial charge in [-0.15, -0.1) is 0 Å². The summed E-state index contributed by atoms with van der Waals surface area (Å²) in [5.41, 5.74) is 0. The number of rotatable bonds is 6. The number of carbonyl (C=O) groups is 1. The minimum absolute atomic E-state index is 0.261. The number of halogens is 1. The first-order valence-electron chi connectivity index (χ1n) is 6.47. The number of amides is 1. The number of hydrogen-bond acceptors (Lipinski definition) is 4. The molecule has 0 saturated carbocycles.